The van der Waals surface area contributed by atoms with E-state index in [9.17, 15) is 0 Å². The number of ether oxygens (including phenoxy) is 1. The molecule has 1 aromatic rings. The second-order valence-corrected chi connectivity index (χ2v) is 5.12. The molecule has 0 radical (unpaired) electrons. The molecule has 88 valence electrons. The van der Waals surface area contributed by atoms with E-state index >= 15 is 0 Å². The molecule has 0 saturated carbocycles. The molecule has 16 heavy (non-hydrogen) atoms. The normalized spacial score (nSPS) is 24.9. The van der Waals surface area contributed by atoms with Crippen molar-refractivity contribution in [3.8, 4) is 0 Å². The molecule has 2 unspecified atom stereocenters. The summed E-state index contributed by atoms with van der Waals surface area (Å²) < 4.78 is 6.72. The largest absolute Gasteiger partial charge is 0.377 e. The van der Waals surface area contributed by atoms with Crippen LogP contribution in [-0.2, 0) is 11.2 Å². The van der Waals surface area contributed by atoms with E-state index in [1.165, 1.54) is 10.0 Å². The highest BCUT2D eigenvalue weighted by atomic mass is 79.9. The third-order valence-corrected chi connectivity index (χ3v) is 3.91. The lowest BCUT2D eigenvalue weighted by Crippen LogP contribution is -2.35. The molecule has 1 aliphatic rings. The van der Waals surface area contributed by atoms with E-state index in [4.69, 9.17) is 4.74 Å². The molecule has 1 heterocycles. The molecule has 2 rings (SSSR count). The van der Waals surface area contributed by atoms with Crippen LogP contribution in [0.3, 0.4) is 0 Å². The van der Waals surface area contributed by atoms with Crippen molar-refractivity contribution in [1.29, 1.82) is 0 Å². The standard InChI is InChI=1S/C13H18BrNO/c1-10-13(7-9-16-10)15-8-6-11-4-2-3-5-12(11)14/h2-5,10,13,15H,6-9H2,1H3. The highest BCUT2D eigenvalue weighted by Gasteiger charge is 2.22. The fourth-order valence-electron chi connectivity index (χ4n) is 2.09. The van der Waals surface area contributed by atoms with Crippen molar-refractivity contribution >= 4 is 15.9 Å². The zero-order chi connectivity index (χ0) is 11.4. The van der Waals surface area contributed by atoms with Gasteiger partial charge in [0.15, 0.2) is 0 Å². The maximum absolute atomic E-state index is 5.52. The van der Waals surface area contributed by atoms with E-state index in [1.807, 2.05) is 6.07 Å². The highest BCUT2D eigenvalue weighted by molar-refractivity contribution is 9.10. The molecule has 0 spiro atoms. The summed E-state index contributed by atoms with van der Waals surface area (Å²) in [6, 6.07) is 8.93. The minimum atomic E-state index is 0.360. The van der Waals surface area contributed by atoms with Crippen molar-refractivity contribution in [3.63, 3.8) is 0 Å². The van der Waals surface area contributed by atoms with Crippen molar-refractivity contribution in [2.45, 2.75) is 31.9 Å². The van der Waals surface area contributed by atoms with Crippen LogP contribution in [0, 0.1) is 0 Å². The zero-order valence-corrected chi connectivity index (χ0v) is 11.2. The fraction of sp³-hybridized carbons (Fsp3) is 0.538. The van der Waals surface area contributed by atoms with Gasteiger partial charge in [-0.05, 0) is 37.9 Å². The molecule has 0 amide bonds. The summed E-state index contributed by atoms with van der Waals surface area (Å²) in [6.07, 6.45) is 2.56. The van der Waals surface area contributed by atoms with Crippen LogP contribution in [0.25, 0.3) is 0 Å². The molecule has 1 saturated heterocycles. The van der Waals surface area contributed by atoms with E-state index in [0.717, 1.165) is 26.0 Å². The lowest BCUT2D eigenvalue weighted by Gasteiger charge is -2.16. The molecule has 2 nitrogen and oxygen atoms in total. The predicted octanol–water partition coefficient (Wildman–Crippen LogP) is 2.76. The Kier molecular flexibility index (Phi) is 4.38. The molecule has 0 aromatic heterocycles. The van der Waals surface area contributed by atoms with Crippen LogP contribution in [0.2, 0.25) is 0 Å². The Morgan fingerprint density at radius 2 is 2.25 bits per heavy atom. The van der Waals surface area contributed by atoms with Gasteiger partial charge in [-0.3, -0.25) is 0 Å². The molecule has 1 aromatic carbocycles. The number of benzene rings is 1. The van der Waals surface area contributed by atoms with Crippen LogP contribution in [-0.4, -0.2) is 25.3 Å². The quantitative estimate of drug-likeness (QED) is 0.918. The van der Waals surface area contributed by atoms with Crippen LogP contribution in [0.4, 0.5) is 0 Å². The van der Waals surface area contributed by atoms with Gasteiger partial charge in [0, 0.05) is 17.1 Å². The Morgan fingerprint density at radius 3 is 2.94 bits per heavy atom. The van der Waals surface area contributed by atoms with Gasteiger partial charge in [0.05, 0.1) is 6.10 Å². The Labute approximate surface area is 106 Å². The van der Waals surface area contributed by atoms with Gasteiger partial charge >= 0.3 is 0 Å². The van der Waals surface area contributed by atoms with Crippen LogP contribution in [0.5, 0.6) is 0 Å². The van der Waals surface area contributed by atoms with Crippen molar-refractivity contribution in [2.75, 3.05) is 13.2 Å². The molecule has 2 atom stereocenters. The number of hydrogen-bond donors (Lipinski definition) is 1. The van der Waals surface area contributed by atoms with Crippen molar-refractivity contribution in [1.82, 2.24) is 5.32 Å². The number of halogens is 1. The molecule has 0 bridgehead atoms. The van der Waals surface area contributed by atoms with E-state index < -0.39 is 0 Å². The van der Waals surface area contributed by atoms with Gasteiger partial charge in [0.25, 0.3) is 0 Å². The van der Waals surface area contributed by atoms with E-state index in [0.29, 0.717) is 12.1 Å². The summed E-state index contributed by atoms with van der Waals surface area (Å²) in [6.45, 7) is 4.05. The maximum atomic E-state index is 5.52. The third kappa shape index (κ3) is 3.06. The van der Waals surface area contributed by atoms with Gasteiger partial charge in [-0.15, -0.1) is 0 Å². The molecular weight excluding hydrogens is 266 g/mol. The summed E-state index contributed by atoms with van der Waals surface area (Å²) in [5.74, 6) is 0. The number of nitrogens with one attached hydrogen (secondary N) is 1. The average molecular weight is 284 g/mol. The highest BCUT2D eigenvalue weighted by Crippen LogP contribution is 2.16. The van der Waals surface area contributed by atoms with Gasteiger partial charge in [0.2, 0.25) is 0 Å². The average Bonchev–Trinajstić information content (AvgIpc) is 2.67. The third-order valence-electron chi connectivity index (χ3n) is 3.13. The molecular formula is C13H18BrNO. The van der Waals surface area contributed by atoms with Crippen LogP contribution in [0.1, 0.15) is 18.9 Å². The SMILES string of the molecule is CC1OCCC1NCCc1ccccc1Br. The van der Waals surface area contributed by atoms with Gasteiger partial charge in [0.1, 0.15) is 0 Å². The lowest BCUT2D eigenvalue weighted by molar-refractivity contribution is 0.113. The Bertz CT molecular complexity index is 342. The first-order valence-electron chi connectivity index (χ1n) is 5.86. The topological polar surface area (TPSA) is 21.3 Å². The Balaban J connectivity index is 1.78. The molecule has 1 aliphatic heterocycles. The molecule has 0 aliphatic carbocycles. The monoisotopic (exact) mass is 283 g/mol. The second-order valence-electron chi connectivity index (χ2n) is 4.27. The first kappa shape index (κ1) is 12.1. The second kappa shape index (κ2) is 5.80. The minimum Gasteiger partial charge on any atom is -0.377 e. The van der Waals surface area contributed by atoms with Crippen LogP contribution < -0.4 is 5.32 Å². The van der Waals surface area contributed by atoms with E-state index in [2.05, 4.69) is 46.4 Å². The van der Waals surface area contributed by atoms with E-state index in [1.54, 1.807) is 0 Å². The minimum absolute atomic E-state index is 0.360. The van der Waals surface area contributed by atoms with Gasteiger partial charge in [-0.2, -0.15) is 0 Å². The van der Waals surface area contributed by atoms with Crippen molar-refractivity contribution in [2.24, 2.45) is 0 Å². The molecule has 3 heteroatoms. The van der Waals surface area contributed by atoms with Crippen molar-refractivity contribution in [3.05, 3.63) is 34.3 Å². The van der Waals surface area contributed by atoms with Gasteiger partial charge in [-0.25, -0.2) is 0 Å². The molecule has 1 N–H and O–H groups in total. The summed E-state index contributed by atoms with van der Waals surface area (Å²) in [4.78, 5) is 0. The summed E-state index contributed by atoms with van der Waals surface area (Å²) in [5.41, 5.74) is 1.36. The smallest absolute Gasteiger partial charge is 0.0700 e. The summed E-state index contributed by atoms with van der Waals surface area (Å²) in [5, 5.41) is 3.56. The predicted molar refractivity (Wildman–Crippen MR) is 69.7 cm³/mol. The maximum Gasteiger partial charge on any atom is 0.0700 e. The van der Waals surface area contributed by atoms with Crippen LogP contribution >= 0.6 is 15.9 Å². The van der Waals surface area contributed by atoms with Crippen LogP contribution in [0.15, 0.2) is 28.7 Å². The lowest BCUT2D eigenvalue weighted by atomic mass is 10.1. The van der Waals surface area contributed by atoms with Crippen molar-refractivity contribution < 1.29 is 4.74 Å². The first-order chi connectivity index (χ1) is 7.77. The fourth-order valence-corrected chi connectivity index (χ4v) is 2.58. The Morgan fingerprint density at radius 1 is 1.44 bits per heavy atom. The number of hydrogen-bond acceptors (Lipinski definition) is 2. The first-order valence-corrected chi connectivity index (χ1v) is 6.65. The summed E-state index contributed by atoms with van der Waals surface area (Å²) >= 11 is 3.57. The van der Waals surface area contributed by atoms with Gasteiger partial charge in [-0.1, -0.05) is 34.1 Å². The van der Waals surface area contributed by atoms with E-state index in [-0.39, 0.29) is 0 Å². The van der Waals surface area contributed by atoms with Gasteiger partial charge < -0.3 is 10.1 Å². The molecule has 1 fully saturated rings. The number of rotatable bonds is 4. The zero-order valence-electron chi connectivity index (χ0n) is 9.58. The summed E-state index contributed by atoms with van der Waals surface area (Å²) in [7, 11) is 0. The Hall–Kier alpha value is -0.380.